The molecule has 2 saturated heterocycles. The molecule has 0 radical (unpaired) electrons. The molecular weight excluding hydrogens is 182 g/mol. The van der Waals surface area contributed by atoms with Gasteiger partial charge in [0, 0.05) is 0 Å². The second-order valence-electron chi connectivity index (χ2n) is 3.03. The minimum absolute atomic E-state index is 0.0543. The van der Waals surface area contributed by atoms with Crippen molar-refractivity contribution in [1.82, 2.24) is 5.06 Å². The molecule has 0 aromatic heterocycles. The fourth-order valence-corrected chi connectivity index (χ4v) is 2.74. The van der Waals surface area contributed by atoms with Gasteiger partial charge in [-0.05, 0) is 0 Å². The maximum Gasteiger partial charge on any atom is 0.248 e. The van der Waals surface area contributed by atoms with Crippen LogP contribution in [-0.4, -0.2) is 43.5 Å². The van der Waals surface area contributed by atoms with Crippen molar-refractivity contribution in [3.05, 3.63) is 0 Å². The Labute approximate surface area is 70.2 Å². The molecule has 0 aromatic rings. The Hall–Kier alpha value is -0.620. The van der Waals surface area contributed by atoms with Gasteiger partial charge in [-0.2, -0.15) is 0 Å². The summed E-state index contributed by atoms with van der Waals surface area (Å²) in [6.45, 7) is 0.384. The first-order valence-electron chi connectivity index (χ1n) is 3.74. The normalized spacial score (nSPS) is 29.0. The number of carbonyl (C=O) groups is 1. The molecule has 2 heterocycles. The second kappa shape index (κ2) is 2.43. The van der Waals surface area contributed by atoms with Crippen molar-refractivity contribution in [2.75, 3.05) is 18.1 Å². The number of carbonyl (C=O) groups excluding carboxylic acids is 1. The Morgan fingerprint density at radius 2 is 2.08 bits per heavy atom. The molecule has 0 bridgehead atoms. The fourth-order valence-electron chi connectivity index (χ4n) is 1.40. The number of rotatable bonds is 1. The molecular formula is C6H9NO4S. The van der Waals surface area contributed by atoms with Crippen LogP contribution in [0.4, 0.5) is 0 Å². The Balaban J connectivity index is 2.00. The van der Waals surface area contributed by atoms with Crippen LogP contribution in [0.2, 0.25) is 0 Å². The van der Waals surface area contributed by atoms with Gasteiger partial charge in [-0.15, -0.1) is 0 Å². The number of hydroxylamine groups is 2. The third-order valence-electron chi connectivity index (χ3n) is 2.02. The molecule has 68 valence electrons. The van der Waals surface area contributed by atoms with E-state index in [9.17, 15) is 13.2 Å². The predicted octanol–water partition coefficient (Wildman–Crippen LogP) is -1.05. The molecule has 0 N–H and O–H groups in total. The van der Waals surface area contributed by atoms with Gasteiger partial charge in [0.25, 0.3) is 0 Å². The monoisotopic (exact) mass is 191 g/mol. The van der Waals surface area contributed by atoms with Crippen LogP contribution in [0.1, 0.15) is 6.42 Å². The first-order valence-corrected chi connectivity index (χ1v) is 5.56. The minimum Gasteiger partial charge on any atom is -0.272 e. The van der Waals surface area contributed by atoms with Gasteiger partial charge in [0.2, 0.25) is 5.91 Å². The number of sulfone groups is 1. The molecule has 0 aliphatic carbocycles. The summed E-state index contributed by atoms with van der Waals surface area (Å²) in [6, 6.07) is -0.231. The average Bonchev–Trinajstić information content (AvgIpc) is 2.30. The Bertz CT molecular complexity index is 298. The summed E-state index contributed by atoms with van der Waals surface area (Å²) in [5.74, 6) is 0.00667. The molecule has 5 nitrogen and oxygen atoms in total. The summed E-state index contributed by atoms with van der Waals surface area (Å²) in [6.07, 6.45) is 0.372. The van der Waals surface area contributed by atoms with Crippen LogP contribution in [0.5, 0.6) is 0 Å². The molecule has 12 heavy (non-hydrogen) atoms. The van der Waals surface area contributed by atoms with Crippen LogP contribution >= 0.6 is 0 Å². The Morgan fingerprint density at radius 1 is 1.42 bits per heavy atom. The molecule has 0 unspecified atom stereocenters. The van der Waals surface area contributed by atoms with Gasteiger partial charge in [-0.25, -0.2) is 13.5 Å². The van der Waals surface area contributed by atoms with Crippen molar-refractivity contribution >= 4 is 15.7 Å². The largest absolute Gasteiger partial charge is 0.272 e. The SMILES string of the molecule is O=C1CCON1C1CS(=O)(=O)C1. The topological polar surface area (TPSA) is 63.7 Å². The highest BCUT2D eigenvalue weighted by Crippen LogP contribution is 2.21. The molecule has 6 heteroatoms. The third kappa shape index (κ3) is 1.21. The zero-order chi connectivity index (χ0) is 8.77. The predicted molar refractivity (Wildman–Crippen MR) is 39.9 cm³/mol. The van der Waals surface area contributed by atoms with E-state index in [4.69, 9.17) is 4.84 Å². The molecule has 0 saturated carbocycles. The molecule has 0 aromatic carbocycles. The third-order valence-corrected chi connectivity index (χ3v) is 3.80. The van der Waals surface area contributed by atoms with E-state index in [1.165, 1.54) is 5.06 Å². The van der Waals surface area contributed by atoms with Crippen LogP contribution in [0.3, 0.4) is 0 Å². The van der Waals surface area contributed by atoms with E-state index < -0.39 is 9.84 Å². The van der Waals surface area contributed by atoms with Gasteiger partial charge >= 0.3 is 0 Å². The quantitative estimate of drug-likeness (QED) is 0.530. The first kappa shape index (κ1) is 8.00. The summed E-state index contributed by atoms with van der Waals surface area (Å²) >= 11 is 0. The van der Waals surface area contributed by atoms with Gasteiger partial charge in [-0.1, -0.05) is 0 Å². The lowest BCUT2D eigenvalue weighted by atomic mass is 10.3. The van der Waals surface area contributed by atoms with E-state index in [1.54, 1.807) is 0 Å². The van der Waals surface area contributed by atoms with Crippen LogP contribution in [0, 0.1) is 0 Å². The van der Waals surface area contributed by atoms with E-state index in [2.05, 4.69) is 0 Å². The fraction of sp³-hybridized carbons (Fsp3) is 0.833. The maximum absolute atomic E-state index is 11.0. The maximum atomic E-state index is 11.0. The minimum atomic E-state index is -2.87. The zero-order valence-electron chi connectivity index (χ0n) is 6.39. The lowest BCUT2D eigenvalue weighted by molar-refractivity contribution is -0.170. The Kier molecular flexibility index (Phi) is 1.62. The highest BCUT2D eigenvalue weighted by molar-refractivity contribution is 7.92. The standard InChI is InChI=1S/C6H9NO4S/c8-6-1-2-11-7(6)5-3-12(9,10)4-5/h5H,1-4H2. The molecule has 0 spiro atoms. The molecule has 2 aliphatic heterocycles. The summed E-state index contributed by atoms with van der Waals surface area (Å²) in [4.78, 5) is 16.0. The van der Waals surface area contributed by atoms with Gasteiger partial charge in [0.15, 0.2) is 9.84 Å². The second-order valence-corrected chi connectivity index (χ2v) is 5.19. The molecule has 0 atom stereocenters. The van der Waals surface area contributed by atoms with E-state index in [0.29, 0.717) is 13.0 Å². The highest BCUT2D eigenvalue weighted by atomic mass is 32.2. The highest BCUT2D eigenvalue weighted by Gasteiger charge is 2.42. The van der Waals surface area contributed by atoms with E-state index >= 15 is 0 Å². The molecule has 2 rings (SSSR count). The zero-order valence-corrected chi connectivity index (χ0v) is 7.21. The smallest absolute Gasteiger partial charge is 0.248 e. The van der Waals surface area contributed by atoms with Crippen LogP contribution < -0.4 is 0 Å². The molecule has 2 fully saturated rings. The number of hydrogen-bond donors (Lipinski definition) is 0. The van der Waals surface area contributed by atoms with Gasteiger partial charge in [0.1, 0.15) is 0 Å². The van der Waals surface area contributed by atoms with Crippen molar-refractivity contribution in [2.45, 2.75) is 12.5 Å². The van der Waals surface area contributed by atoms with Crippen molar-refractivity contribution in [2.24, 2.45) is 0 Å². The number of hydrogen-bond acceptors (Lipinski definition) is 4. The average molecular weight is 191 g/mol. The molecule has 2 aliphatic rings. The van der Waals surface area contributed by atoms with Crippen molar-refractivity contribution < 1.29 is 18.0 Å². The lowest BCUT2D eigenvalue weighted by Gasteiger charge is -2.32. The van der Waals surface area contributed by atoms with Crippen molar-refractivity contribution in [1.29, 1.82) is 0 Å². The summed E-state index contributed by atoms with van der Waals surface area (Å²) < 4.78 is 21.5. The van der Waals surface area contributed by atoms with E-state index in [-0.39, 0.29) is 23.5 Å². The number of amides is 1. The molecule has 1 amide bonds. The number of nitrogens with zero attached hydrogens (tertiary/aromatic N) is 1. The van der Waals surface area contributed by atoms with Crippen molar-refractivity contribution in [3.63, 3.8) is 0 Å². The van der Waals surface area contributed by atoms with Crippen LogP contribution in [0.15, 0.2) is 0 Å². The summed E-state index contributed by atoms with van der Waals surface area (Å²) in [5, 5.41) is 1.21. The van der Waals surface area contributed by atoms with Gasteiger partial charge < -0.3 is 0 Å². The van der Waals surface area contributed by atoms with E-state index in [0.717, 1.165) is 0 Å². The first-order chi connectivity index (χ1) is 5.58. The summed E-state index contributed by atoms with van der Waals surface area (Å²) in [5.41, 5.74) is 0. The van der Waals surface area contributed by atoms with Crippen molar-refractivity contribution in [3.8, 4) is 0 Å². The van der Waals surface area contributed by atoms with Gasteiger partial charge in [0.05, 0.1) is 30.6 Å². The lowest BCUT2D eigenvalue weighted by Crippen LogP contribution is -2.53. The Morgan fingerprint density at radius 3 is 2.50 bits per heavy atom. The van der Waals surface area contributed by atoms with Crippen LogP contribution in [0.25, 0.3) is 0 Å². The summed E-state index contributed by atoms with van der Waals surface area (Å²) in [7, 11) is -2.87. The van der Waals surface area contributed by atoms with E-state index in [1.807, 2.05) is 0 Å². The van der Waals surface area contributed by atoms with Crippen LogP contribution in [-0.2, 0) is 19.5 Å². The van der Waals surface area contributed by atoms with Gasteiger partial charge in [-0.3, -0.25) is 9.63 Å².